The maximum Gasteiger partial charge on any atom is 0.314 e. The zero-order valence-corrected chi connectivity index (χ0v) is 12.8. The number of likely N-dealkylation sites (tertiary alicyclic amines) is 1. The number of esters is 1. The second kappa shape index (κ2) is 6.61. The highest BCUT2D eigenvalue weighted by molar-refractivity contribution is 5.78. The molecule has 114 valence electrons. The Kier molecular flexibility index (Phi) is 4.59. The Morgan fingerprint density at radius 3 is 2.76 bits per heavy atom. The van der Waals surface area contributed by atoms with Gasteiger partial charge in [0.15, 0.2) is 0 Å². The van der Waals surface area contributed by atoms with E-state index in [2.05, 4.69) is 4.90 Å². The van der Waals surface area contributed by atoms with Gasteiger partial charge in [0, 0.05) is 12.6 Å². The number of benzene rings is 1. The first-order valence-electron chi connectivity index (χ1n) is 8.16. The number of fused-ring (bicyclic) bond motifs is 1. The van der Waals surface area contributed by atoms with E-state index in [1.54, 1.807) is 0 Å². The van der Waals surface area contributed by atoms with Crippen LogP contribution in [0, 0.1) is 5.92 Å². The van der Waals surface area contributed by atoms with Crippen molar-refractivity contribution in [2.75, 3.05) is 20.2 Å². The van der Waals surface area contributed by atoms with E-state index in [9.17, 15) is 4.79 Å². The first-order valence-corrected chi connectivity index (χ1v) is 8.16. The van der Waals surface area contributed by atoms with Crippen LogP contribution < -0.4 is 0 Å². The molecule has 1 aromatic carbocycles. The molecule has 1 heterocycles. The van der Waals surface area contributed by atoms with E-state index in [0.717, 1.165) is 24.6 Å². The van der Waals surface area contributed by atoms with Crippen LogP contribution >= 0.6 is 0 Å². The number of hydrogen-bond acceptors (Lipinski definition) is 3. The Morgan fingerprint density at radius 1 is 1.24 bits per heavy atom. The summed E-state index contributed by atoms with van der Waals surface area (Å²) in [7, 11) is 1.49. The van der Waals surface area contributed by atoms with Gasteiger partial charge in [0.2, 0.25) is 0 Å². The van der Waals surface area contributed by atoms with E-state index in [1.165, 1.54) is 39.2 Å². The lowest BCUT2D eigenvalue weighted by molar-refractivity contribution is -0.143. The van der Waals surface area contributed by atoms with Crippen molar-refractivity contribution in [3.63, 3.8) is 0 Å². The van der Waals surface area contributed by atoms with Crippen molar-refractivity contribution in [1.82, 2.24) is 4.90 Å². The van der Waals surface area contributed by atoms with Gasteiger partial charge in [0.25, 0.3) is 0 Å². The van der Waals surface area contributed by atoms with Crippen molar-refractivity contribution in [3.05, 3.63) is 35.9 Å². The molecule has 0 radical (unpaired) electrons. The molecule has 3 atom stereocenters. The van der Waals surface area contributed by atoms with Crippen LogP contribution in [0.3, 0.4) is 0 Å². The molecule has 0 spiro atoms. The van der Waals surface area contributed by atoms with E-state index in [0.29, 0.717) is 6.04 Å². The highest BCUT2D eigenvalue weighted by Gasteiger charge is 2.37. The summed E-state index contributed by atoms with van der Waals surface area (Å²) in [5.41, 5.74) is 1.07. The molecule has 3 unspecified atom stereocenters. The van der Waals surface area contributed by atoms with E-state index < -0.39 is 0 Å². The molecule has 2 aliphatic rings. The lowest BCUT2D eigenvalue weighted by Gasteiger charge is -2.33. The molecular weight excluding hydrogens is 262 g/mol. The number of methoxy groups -OCH3 is 1. The molecule has 1 aromatic rings. The summed E-state index contributed by atoms with van der Waals surface area (Å²) in [6, 6.07) is 10.8. The Hall–Kier alpha value is -1.35. The second-order valence-electron chi connectivity index (χ2n) is 6.38. The summed E-state index contributed by atoms with van der Waals surface area (Å²) < 4.78 is 5.05. The van der Waals surface area contributed by atoms with E-state index >= 15 is 0 Å². The zero-order chi connectivity index (χ0) is 14.7. The van der Waals surface area contributed by atoms with Crippen LogP contribution in [0.15, 0.2) is 30.3 Å². The summed E-state index contributed by atoms with van der Waals surface area (Å²) in [5, 5.41) is 0. The van der Waals surface area contributed by atoms with Crippen LogP contribution in [0.25, 0.3) is 0 Å². The maximum atomic E-state index is 12.2. The predicted molar refractivity (Wildman–Crippen MR) is 83.1 cm³/mol. The minimum Gasteiger partial charge on any atom is -0.469 e. The molecular formula is C18H25NO2. The van der Waals surface area contributed by atoms with Crippen LogP contribution in [-0.4, -0.2) is 37.1 Å². The zero-order valence-electron chi connectivity index (χ0n) is 12.8. The van der Waals surface area contributed by atoms with Gasteiger partial charge < -0.3 is 4.74 Å². The standard InChI is InChI=1S/C18H25NO2/c1-21-18(20)16(14-7-3-2-4-8-14)13-19-12-11-15-9-5-6-10-17(15)19/h2-4,7-8,15-17H,5-6,9-13H2,1H3. The third-order valence-electron chi connectivity index (χ3n) is 5.23. The quantitative estimate of drug-likeness (QED) is 0.796. The van der Waals surface area contributed by atoms with Crippen molar-refractivity contribution >= 4 is 5.97 Å². The molecule has 3 heteroatoms. The lowest BCUT2D eigenvalue weighted by atomic mass is 9.85. The van der Waals surface area contributed by atoms with E-state index in [4.69, 9.17) is 4.74 Å². The third kappa shape index (κ3) is 3.13. The van der Waals surface area contributed by atoms with Gasteiger partial charge in [-0.2, -0.15) is 0 Å². The van der Waals surface area contributed by atoms with Gasteiger partial charge in [-0.25, -0.2) is 0 Å². The molecule has 1 aliphatic carbocycles. The smallest absolute Gasteiger partial charge is 0.314 e. The maximum absolute atomic E-state index is 12.2. The number of nitrogens with zero attached hydrogens (tertiary/aromatic N) is 1. The largest absolute Gasteiger partial charge is 0.469 e. The van der Waals surface area contributed by atoms with Crippen molar-refractivity contribution in [2.24, 2.45) is 5.92 Å². The monoisotopic (exact) mass is 287 g/mol. The fourth-order valence-corrected chi connectivity index (χ4v) is 4.11. The number of carbonyl (C=O) groups is 1. The van der Waals surface area contributed by atoms with Gasteiger partial charge in [-0.05, 0) is 37.3 Å². The topological polar surface area (TPSA) is 29.5 Å². The first-order chi connectivity index (χ1) is 10.3. The molecule has 1 aliphatic heterocycles. The minimum absolute atomic E-state index is 0.111. The number of rotatable bonds is 4. The summed E-state index contributed by atoms with van der Waals surface area (Å²) in [6.45, 7) is 1.94. The normalized spacial score (nSPS) is 27.1. The van der Waals surface area contributed by atoms with Gasteiger partial charge in [0.05, 0.1) is 13.0 Å². The highest BCUT2D eigenvalue weighted by atomic mass is 16.5. The number of carbonyl (C=O) groups excluding carboxylic acids is 1. The Morgan fingerprint density at radius 2 is 2.00 bits per heavy atom. The van der Waals surface area contributed by atoms with Gasteiger partial charge >= 0.3 is 5.97 Å². The molecule has 0 N–H and O–H groups in total. The molecule has 3 rings (SSSR count). The fourth-order valence-electron chi connectivity index (χ4n) is 4.11. The van der Waals surface area contributed by atoms with E-state index in [-0.39, 0.29) is 11.9 Å². The van der Waals surface area contributed by atoms with Crippen molar-refractivity contribution < 1.29 is 9.53 Å². The average Bonchev–Trinajstić information content (AvgIpc) is 2.96. The summed E-state index contributed by atoms with van der Waals surface area (Å²) >= 11 is 0. The van der Waals surface area contributed by atoms with Crippen molar-refractivity contribution in [2.45, 2.75) is 44.1 Å². The van der Waals surface area contributed by atoms with Gasteiger partial charge in [-0.15, -0.1) is 0 Å². The second-order valence-corrected chi connectivity index (χ2v) is 6.38. The Balaban J connectivity index is 1.74. The van der Waals surface area contributed by atoms with Crippen LogP contribution in [-0.2, 0) is 9.53 Å². The number of ether oxygens (including phenoxy) is 1. The first kappa shape index (κ1) is 14.6. The average molecular weight is 287 g/mol. The summed E-state index contributed by atoms with van der Waals surface area (Å²) in [4.78, 5) is 14.8. The predicted octanol–water partition coefficient (Wildman–Crippen LogP) is 3.21. The molecule has 0 bridgehead atoms. The Labute approximate surface area is 127 Å². The molecule has 21 heavy (non-hydrogen) atoms. The molecule has 3 nitrogen and oxygen atoms in total. The summed E-state index contributed by atoms with van der Waals surface area (Å²) in [6.07, 6.45) is 6.69. The van der Waals surface area contributed by atoms with Crippen LogP contribution in [0.4, 0.5) is 0 Å². The van der Waals surface area contributed by atoms with Gasteiger partial charge in [-0.1, -0.05) is 43.2 Å². The molecule has 0 aromatic heterocycles. The molecule has 2 fully saturated rings. The lowest BCUT2D eigenvalue weighted by Crippen LogP contribution is -2.39. The van der Waals surface area contributed by atoms with Crippen LogP contribution in [0.1, 0.15) is 43.6 Å². The van der Waals surface area contributed by atoms with Crippen LogP contribution in [0.5, 0.6) is 0 Å². The van der Waals surface area contributed by atoms with Gasteiger partial charge in [0.1, 0.15) is 0 Å². The fraction of sp³-hybridized carbons (Fsp3) is 0.611. The number of hydrogen-bond donors (Lipinski definition) is 0. The molecule has 1 saturated carbocycles. The van der Waals surface area contributed by atoms with Crippen molar-refractivity contribution in [3.8, 4) is 0 Å². The SMILES string of the molecule is COC(=O)C(CN1CCC2CCCCC21)c1ccccc1. The van der Waals surface area contributed by atoms with Crippen LogP contribution in [0.2, 0.25) is 0 Å². The molecule has 0 amide bonds. The third-order valence-corrected chi connectivity index (χ3v) is 5.23. The highest BCUT2D eigenvalue weighted by Crippen LogP contribution is 2.37. The van der Waals surface area contributed by atoms with Gasteiger partial charge in [-0.3, -0.25) is 9.69 Å². The van der Waals surface area contributed by atoms with Crippen molar-refractivity contribution in [1.29, 1.82) is 0 Å². The summed E-state index contributed by atoms with van der Waals surface area (Å²) in [5.74, 6) is 0.588. The van der Waals surface area contributed by atoms with E-state index in [1.807, 2.05) is 30.3 Å². The minimum atomic E-state index is -0.156. The Bertz CT molecular complexity index is 473. The molecule has 1 saturated heterocycles.